The molecule has 1 aliphatic rings. The summed E-state index contributed by atoms with van der Waals surface area (Å²) in [5.74, 6) is 0. The number of nitrogens with zero attached hydrogens (tertiary/aromatic N) is 3. The molecule has 1 fully saturated rings. The lowest BCUT2D eigenvalue weighted by molar-refractivity contribution is 0.150. The molecule has 3 N–H and O–H groups in total. The molecule has 0 spiro atoms. The van der Waals surface area contributed by atoms with E-state index in [0.29, 0.717) is 43.5 Å². The lowest BCUT2D eigenvalue weighted by atomic mass is 10.0. The third kappa shape index (κ3) is 3.54. The predicted octanol–water partition coefficient (Wildman–Crippen LogP) is 1.86. The number of hydrogen-bond donors (Lipinski definition) is 3. The zero-order valence-corrected chi connectivity index (χ0v) is 12.8. The van der Waals surface area contributed by atoms with Crippen LogP contribution in [-0.2, 0) is 4.74 Å². The fourth-order valence-corrected chi connectivity index (χ4v) is 2.37. The molecule has 0 aliphatic carbocycles. The first kappa shape index (κ1) is 15.2. The highest BCUT2D eigenvalue weighted by atomic mass is 16.5. The Bertz CT molecular complexity index is 693. The Kier molecular flexibility index (Phi) is 4.62. The van der Waals surface area contributed by atoms with E-state index in [1.807, 2.05) is 0 Å². The summed E-state index contributed by atoms with van der Waals surface area (Å²) < 4.78 is 10.4. The molecule has 2 aromatic heterocycles. The number of methoxy groups -OCH3 is 1. The molecule has 3 rings (SSSR count). The molecule has 0 amide bonds. The van der Waals surface area contributed by atoms with E-state index >= 15 is 0 Å². The van der Waals surface area contributed by atoms with Gasteiger partial charge in [0.1, 0.15) is 0 Å². The molecule has 0 aromatic carbocycles. The SMILES string of the molecule is COc1ncc(N/C(=C2/CCOCCC2=N)c2cn[nH]c2)cn1. The van der Waals surface area contributed by atoms with Crippen molar-refractivity contribution < 1.29 is 9.47 Å². The second kappa shape index (κ2) is 7.01. The summed E-state index contributed by atoms with van der Waals surface area (Å²) in [4.78, 5) is 8.19. The first-order valence-corrected chi connectivity index (χ1v) is 7.29. The number of ether oxygens (including phenoxy) is 2. The van der Waals surface area contributed by atoms with Gasteiger partial charge in [0.2, 0.25) is 0 Å². The molecule has 8 heteroatoms. The highest BCUT2D eigenvalue weighted by Crippen LogP contribution is 2.25. The van der Waals surface area contributed by atoms with Gasteiger partial charge in [0.15, 0.2) is 0 Å². The van der Waals surface area contributed by atoms with Gasteiger partial charge in [-0.1, -0.05) is 0 Å². The summed E-state index contributed by atoms with van der Waals surface area (Å²) in [6, 6.07) is 0.309. The van der Waals surface area contributed by atoms with Crippen molar-refractivity contribution in [2.24, 2.45) is 0 Å². The normalized spacial score (nSPS) is 17.5. The van der Waals surface area contributed by atoms with E-state index in [1.165, 1.54) is 7.11 Å². The number of H-pyrrole nitrogens is 1. The molecule has 0 unspecified atom stereocenters. The molecular formula is C15H18N6O2. The van der Waals surface area contributed by atoms with E-state index in [-0.39, 0.29) is 0 Å². The Morgan fingerprint density at radius 2 is 2.04 bits per heavy atom. The first-order chi connectivity index (χ1) is 11.3. The summed E-state index contributed by atoms with van der Waals surface area (Å²) in [6.07, 6.45) is 8.06. The monoisotopic (exact) mass is 314 g/mol. The van der Waals surface area contributed by atoms with Crippen molar-refractivity contribution >= 4 is 17.1 Å². The third-order valence-corrected chi connectivity index (χ3v) is 3.53. The van der Waals surface area contributed by atoms with Crippen molar-refractivity contribution in [3.8, 4) is 6.01 Å². The van der Waals surface area contributed by atoms with E-state index in [2.05, 4.69) is 25.5 Å². The van der Waals surface area contributed by atoms with Gasteiger partial charge in [-0.25, -0.2) is 9.97 Å². The summed E-state index contributed by atoms with van der Waals surface area (Å²) >= 11 is 0. The Morgan fingerprint density at radius 1 is 1.26 bits per heavy atom. The van der Waals surface area contributed by atoms with E-state index in [9.17, 15) is 0 Å². The topological polar surface area (TPSA) is 109 Å². The van der Waals surface area contributed by atoms with Crippen LogP contribution in [0.2, 0.25) is 0 Å². The number of aromatic amines is 1. The minimum Gasteiger partial charge on any atom is -0.467 e. The van der Waals surface area contributed by atoms with Gasteiger partial charge < -0.3 is 20.2 Å². The molecule has 23 heavy (non-hydrogen) atoms. The molecule has 0 saturated carbocycles. The fraction of sp³-hybridized carbons (Fsp3) is 0.333. The minimum atomic E-state index is 0.309. The molecule has 0 bridgehead atoms. The van der Waals surface area contributed by atoms with Crippen LogP contribution in [0.15, 0.2) is 30.4 Å². The second-order valence-corrected chi connectivity index (χ2v) is 5.01. The van der Waals surface area contributed by atoms with Crippen molar-refractivity contribution in [1.82, 2.24) is 20.2 Å². The minimum absolute atomic E-state index is 0.309. The third-order valence-electron chi connectivity index (χ3n) is 3.53. The van der Waals surface area contributed by atoms with Crippen LogP contribution in [0.3, 0.4) is 0 Å². The molecule has 8 nitrogen and oxygen atoms in total. The molecule has 0 atom stereocenters. The Morgan fingerprint density at radius 3 is 2.74 bits per heavy atom. The smallest absolute Gasteiger partial charge is 0.316 e. The van der Waals surface area contributed by atoms with Gasteiger partial charge in [-0.2, -0.15) is 5.10 Å². The Labute approximate surface area is 133 Å². The average Bonchev–Trinajstić information content (AvgIpc) is 3.03. The summed E-state index contributed by atoms with van der Waals surface area (Å²) in [7, 11) is 1.52. The van der Waals surface area contributed by atoms with Gasteiger partial charge in [0.25, 0.3) is 0 Å². The van der Waals surface area contributed by atoms with Crippen LogP contribution in [0.5, 0.6) is 6.01 Å². The summed E-state index contributed by atoms with van der Waals surface area (Å²) in [5.41, 5.74) is 3.90. The Hall–Kier alpha value is -2.74. The van der Waals surface area contributed by atoms with E-state index in [4.69, 9.17) is 14.9 Å². The highest BCUT2D eigenvalue weighted by molar-refractivity contribution is 6.06. The Balaban J connectivity index is 1.96. The van der Waals surface area contributed by atoms with Gasteiger partial charge in [0.05, 0.1) is 50.3 Å². The van der Waals surface area contributed by atoms with Gasteiger partial charge >= 0.3 is 6.01 Å². The van der Waals surface area contributed by atoms with Crippen LogP contribution in [0, 0.1) is 5.41 Å². The van der Waals surface area contributed by atoms with Gasteiger partial charge in [-0.05, 0) is 12.0 Å². The van der Waals surface area contributed by atoms with Crippen LogP contribution in [0.1, 0.15) is 18.4 Å². The van der Waals surface area contributed by atoms with Crippen LogP contribution in [0.25, 0.3) is 5.70 Å². The zero-order valence-electron chi connectivity index (χ0n) is 12.8. The van der Waals surface area contributed by atoms with Crippen molar-refractivity contribution in [1.29, 1.82) is 5.41 Å². The van der Waals surface area contributed by atoms with Gasteiger partial charge in [-0.3, -0.25) is 5.10 Å². The maximum atomic E-state index is 8.29. The van der Waals surface area contributed by atoms with Crippen molar-refractivity contribution in [2.75, 3.05) is 25.6 Å². The lowest BCUT2D eigenvalue weighted by Crippen LogP contribution is -2.10. The highest BCUT2D eigenvalue weighted by Gasteiger charge is 2.18. The first-order valence-electron chi connectivity index (χ1n) is 7.29. The molecule has 120 valence electrons. The van der Waals surface area contributed by atoms with Gasteiger partial charge in [0, 0.05) is 23.9 Å². The van der Waals surface area contributed by atoms with Crippen molar-refractivity contribution in [2.45, 2.75) is 12.8 Å². The quantitative estimate of drug-likeness (QED) is 0.795. The fourth-order valence-electron chi connectivity index (χ4n) is 2.37. The van der Waals surface area contributed by atoms with E-state index in [1.54, 1.807) is 24.8 Å². The van der Waals surface area contributed by atoms with Crippen LogP contribution in [0.4, 0.5) is 5.69 Å². The van der Waals surface area contributed by atoms with Crippen LogP contribution in [-0.4, -0.2) is 46.2 Å². The van der Waals surface area contributed by atoms with Crippen LogP contribution < -0.4 is 10.1 Å². The standard InChI is InChI=1S/C15H18N6O2/c1-22-15-17-8-11(9-18-15)21-14(10-6-19-20-7-10)12-2-4-23-5-3-13(12)16/h6-9,16,21H,2-5H2,1H3,(H,19,20)/b14-12-,16-13?. The molecule has 1 aliphatic heterocycles. The number of rotatable bonds is 4. The number of nitrogens with one attached hydrogen (secondary N) is 3. The lowest BCUT2D eigenvalue weighted by Gasteiger charge is -2.15. The largest absolute Gasteiger partial charge is 0.467 e. The number of hydrogen-bond acceptors (Lipinski definition) is 7. The predicted molar refractivity (Wildman–Crippen MR) is 85.5 cm³/mol. The second-order valence-electron chi connectivity index (χ2n) is 5.01. The molecular weight excluding hydrogens is 296 g/mol. The van der Waals surface area contributed by atoms with Crippen molar-refractivity contribution in [3.63, 3.8) is 0 Å². The number of aromatic nitrogens is 4. The molecule has 0 radical (unpaired) electrons. The van der Waals surface area contributed by atoms with Crippen molar-refractivity contribution in [3.05, 3.63) is 35.9 Å². The van der Waals surface area contributed by atoms with E-state index < -0.39 is 0 Å². The van der Waals surface area contributed by atoms with Gasteiger partial charge in [-0.15, -0.1) is 0 Å². The number of anilines is 1. The molecule has 2 aromatic rings. The maximum absolute atomic E-state index is 8.29. The summed E-state index contributed by atoms with van der Waals surface area (Å²) in [5, 5.41) is 18.4. The van der Waals surface area contributed by atoms with Crippen LogP contribution >= 0.6 is 0 Å². The zero-order chi connectivity index (χ0) is 16.1. The summed E-state index contributed by atoms with van der Waals surface area (Å²) in [6.45, 7) is 1.17. The maximum Gasteiger partial charge on any atom is 0.316 e. The van der Waals surface area contributed by atoms with E-state index in [0.717, 1.165) is 16.8 Å². The molecule has 3 heterocycles. The average molecular weight is 314 g/mol. The molecule has 1 saturated heterocycles.